The SMILES string of the molecule is O=P1(c2ccccc2)c2ccccc2C2(c3ccccc3Oc3cc(-c4cc(-c5ccccc5)cc(-c5cccnc5)c4)ccc32)c2cc3c(cc21)oc1ccccc13. The highest BCUT2D eigenvalue weighted by Crippen LogP contribution is 2.62. The van der Waals surface area contributed by atoms with Gasteiger partial charge in [0.15, 0.2) is 7.14 Å². The van der Waals surface area contributed by atoms with Crippen LogP contribution in [-0.2, 0) is 9.98 Å². The topological polar surface area (TPSA) is 52.3 Å². The quantitative estimate of drug-likeness (QED) is 0.167. The Labute approximate surface area is 341 Å². The van der Waals surface area contributed by atoms with Gasteiger partial charge in [-0.25, -0.2) is 0 Å². The van der Waals surface area contributed by atoms with E-state index in [0.717, 1.165) is 99.4 Å². The van der Waals surface area contributed by atoms with Gasteiger partial charge in [-0.3, -0.25) is 4.98 Å². The van der Waals surface area contributed by atoms with Crippen LogP contribution in [0.25, 0.3) is 55.3 Å². The summed E-state index contributed by atoms with van der Waals surface area (Å²) in [7, 11) is -3.44. The summed E-state index contributed by atoms with van der Waals surface area (Å²) in [6.07, 6.45) is 3.72. The second-order valence-corrected chi connectivity index (χ2v) is 18.1. The molecule has 2 aromatic heterocycles. The van der Waals surface area contributed by atoms with E-state index in [2.05, 4.69) is 126 Å². The smallest absolute Gasteiger partial charge is 0.171 e. The maximum absolute atomic E-state index is 16.4. The minimum atomic E-state index is -3.44. The van der Waals surface area contributed by atoms with Crippen molar-refractivity contribution >= 4 is 45.0 Å². The zero-order valence-electron chi connectivity index (χ0n) is 31.7. The van der Waals surface area contributed by atoms with Gasteiger partial charge in [0.05, 0.1) is 5.41 Å². The fraction of sp³-hybridized carbons (Fsp3) is 0.0185. The molecule has 8 aromatic carbocycles. The van der Waals surface area contributed by atoms with Crippen LogP contribution in [0.4, 0.5) is 0 Å². The molecule has 0 aliphatic carbocycles. The number of hydrogen-bond acceptors (Lipinski definition) is 4. The molecule has 5 heteroatoms. The zero-order chi connectivity index (χ0) is 39.1. The molecule has 59 heavy (non-hydrogen) atoms. The molecule has 0 radical (unpaired) electrons. The Morgan fingerprint density at radius 1 is 0.424 bits per heavy atom. The van der Waals surface area contributed by atoms with Crippen LogP contribution in [0.2, 0.25) is 0 Å². The van der Waals surface area contributed by atoms with Gasteiger partial charge in [0.2, 0.25) is 0 Å². The molecule has 0 N–H and O–H groups in total. The lowest BCUT2D eigenvalue weighted by Gasteiger charge is -2.47. The predicted molar refractivity (Wildman–Crippen MR) is 239 cm³/mol. The van der Waals surface area contributed by atoms with E-state index in [1.165, 1.54) is 0 Å². The standard InChI is InChI=1S/C54H34NO3P/c56-59(41-17-5-2-6-18-41)52-24-12-9-21-46(52)54(47-32-43-42-19-7-10-22-48(42)57-50(43)33-53(47)59)44-20-8-11-23-49(44)58-51-31-36(25-26-45(51)54)39-28-38(35-14-3-1-4-15-35)29-40(30-39)37-16-13-27-55-34-37/h1-34H. The average molecular weight is 776 g/mol. The zero-order valence-corrected chi connectivity index (χ0v) is 32.6. The Hall–Kier alpha value is -7.26. The van der Waals surface area contributed by atoms with Crippen LogP contribution >= 0.6 is 7.14 Å². The Bertz CT molecular complexity index is 3280. The third-order valence-electron chi connectivity index (χ3n) is 12.3. The second kappa shape index (κ2) is 12.9. The highest BCUT2D eigenvalue weighted by atomic mass is 31.2. The van der Waals surface area contributed by atoms with Crippen LogP contribution in [0.5, 0.6) is 11.5 Å². The summed E-state index contributed by atoms with van der Waals surface area (Å²) in [6, 6.07) is 67.0. The second-order valence-electron chi connectivity index (χ2n) is 15.4. The largest absolute Gasteiger partial charge is 0.457 e. The van der Waals surface area contributed by atoms with E-state index in [0.29, 0.717) is 5.58 Å². The summed E-state index contributed by atoms with van der Waals surface area (Å²) in [6.45, 7) is 0. The third-order valence-corrected chi connectivity index (χ3v) is 15.4. The Balaban J connectivity index is 1.17. The van der Waals surface area contributed by atoms with Crippen molar-refractivity contribution in [3.63, 3.8) is 0 Å². The molecule has 278 valence electrons. The Kier molecular flexibility index (Phi) is 7.39. The molecule has 2 unspecified atom stereocenters. The maximum atomic E-state index is 16.4. The molecule has 0 bridgehead atoms. The normalized spacial score (nSPS) is 17.5. The molecule has 12 rings (SSSR count). The number of rotatable bonds is 4. The van der Waals surface area contributed by atoms with Crippen LogP contribution in [0, 0.1) is 0 Å². The summed E-state index contributed by atoms with van der Waals surface area (Å²) < 4.78 is 30.0. The lowest BCUT2D eigenvalue weighted by atomic mass is 9.63. The molecule has 2 aliphatic rings. The number of nitrogens with zero attached hydrogens (tertiary/aromatic N) is 1. The van der Waals surface area contributed by atoms with Gasteiger partial charge in [0.1, 0.15) is 22.7 Å². The number of aromatic nitrogens is 1. The molecule has 0 saturated carbocycles. The maximum Gasteiger partial charge on any atom is 0.171 e. The van der Waals surface area contributed by atoms with Gasteiger partial charge in [-0.1, -0.05) is 140 Å². The summed E-state index contributed by atoms with van der Waals surface area (Å²) in [5, 5.41) is 4.39. The van der Waals surface area contributed by atoms with Gasteiger partial charge in [0.25, 0.3) is 0 Å². The molecule has 10 aromatic rings. The Morgan fingerprint density at radius 3 is 1.90 bits per heavy atom. The molecule has 4 heterocycles. The molecule has 4 nitrogen and oxygen atoms in total. The van der Waals surface area contributed by atoms with Crippen molar-refractivity contribution in [2.75, 3.05) is 0 Å². The molecule has 0 amide bonds. The molecule has 2 atom stereocenters. The highest BCUT2D eigenvalue weighted by molar-refractivity contribution is 7.85. The summed E-state index contributed by atoms with van der Waals surface area (Å²) in [5.41, 5.74) is 11.1. The highest BCUT2D eigenvalue weighted by Gasteiger charge is 2.55. The fourth-order valence-corrected chi connectivity index (χ4v) is 12.8. The van der Waals surface area contributed by atoms with Crippen LogP contribution in [0.15, 0.2) is 211 Å². The van der Waals surface area contributed by atoms with Crippen LogP contribution in [0.1, 0.15) is 22.3 Å². The number of fused-ring (bicyclic) bond motifs is 11. The molecule has 0 fully saturated rings. The first-order valence-corrected chi connectivity index (χ1v) is 21.6. The van der Waals surface area contributed by atoms with Gasteiger partial charge in [0, 0.05) is 55.8 Å². The van der Waals surface area contributed by atoms with Gasteiger partial charge in [-0.2, -0.15) is 0 Å². The number of furan rings is 1. The van der Waals surface area contributed by atoms with Crippen molar-refractivity contribution in [1.29, 1.82) is 0 Å². The summed E-state index contributed by atoms with van der Waals surface area (Å²) >= 11 is 0. The van der Waals surface area contributed by atoms with Crippen LogP contribution in [-0.4, -0.2) is 4.98 Å². The van der Waals surface area contributed by atoms with Crippen molar-refractivity contribution in [1.82, 2.24) is 4.98 Å². The van der Waals surface area contributed by atoms with Crippen molar-refractivity contribution in [2.45, 2.75) is 5.41 Å². The first-order valence-electron chi connectivity index (χ1n) is 19.9. The number of ether oxygens (including phenoxy) is 1. The molecular weight excluding hydrogens is 742 g/mol. The van der Waals surface area contributed by atoms with E-state index in [1.54, 1.807) is 6.20 Å². The predicted octanol–water partition coefficient (Wildman–Crippen LogP) is 12.4. The van der Waals surface area contributed by atoms with Crippen molar-refractivity contribution < 1.29 is 13.7 Å². The van der Waals surface area contributed by atoms with Crippen LogP contribution in [0.3, 0.4) is 0 Å². The Morgan fingerprint density at radius 2 is 1.08 bits per heavy atom. The summed E-state index contributed by atoms with van der Waals surface area (Å²) in [5.74, 6) is 1.52. The lowest BCUT2D eigenvalue weighted by Crippen LogP contribution is -2.47. The van der Waals surface area contributed by atoms with Gasteiger partial charge < -0.3 is 13.7 Å². The van der Waals surface area contributed by atoms with E-state index in [1.807, 2.05) is 79.0 Å². The monoisotopic (exact) mass is 775 g/mol. The number of hydrogen-bond donors (Lipinski definition) is 0. The van der Waals surface area contributed by atoms with Gasteiger partial charge in [-0.05, 0) is 93.5 Å². The minimum Gasteiger partial charge on any atom is -0.457 e. The lowest BCUT2D eigenvalue weighted by molar-refractivity contribution is 0.435. The molecule has 1 spiro atoms. The van der Waals surface area contributed by atoms with Crippen molar-refractivity contribution in [3.05, 3.63) is 229 Å². The average Bonchev–Trinajstić information content (AvgIpc) is 3.68. The number of para-hydroxylation sites is 2. The van der Waals surface area contributed by atoms with Crippen molar-refractivity contribution in [2.24, 2.45) is 0 Å². The van der Waals surface area contributed by atoms with E-state index < -0.39 is 12.6 Å². The van der Waals surface area contributed by atoms with E-state index in [4.69, 9.17) is 9.15 Å². The van der Waals surface area contributed by atoms with Gasteiger partial charge >= 0.3 is 0 Å². The number of pyridine rings is 1. The van der Waals surface area contributed by atoms with Gasteiger partial charge in [-0.15, -0.1) is 0 Å². The van der Waals surface area contributed by atoms with E-state index in [-0.39, 0.29) is 0 Å². The third kappa shape index (κ3) is 4.91. The summed E-state index contributed by atoms with van der Waals surface area (Å²) in [4.78, 5) is 4.45. The minimum absolute atomic E-state index is 0.717. The van der Waals surface area contributed by atoms with E-state index >= 15 is 4.57 Å². The van der Waals surface area contributed by atoms with E-state index in [9.17, 15) is 0 Å². The number of benzene rings is 8. The van der Waals surface area contributed by atoms with Crippen molar-refractivity contribution in [3.8, 4) is 44.9 Å². The van der Waals surface area contributed by atoms with Crippen LogP contribution < -0.4 is 20.7 Å². The molecular formula is C54H34NO3P. The molecule has 0 saturated heterocycles. The first kappa shape index (κ1) is 33.8. The molecule has 2 aliphatic heterocycles. The first-order chi connectivity index (χ1) is 29.1. The fourth-order valence-electron chi connectivity index (χ4n) is 9.67.